The average Bonchev–Trinajstić information content (AvgIpc) is 2.28. The van der Waals surface area contributed by atoms with Gasteiger partial charge in [0.1, 0.15) is 17.1 Å². The molecule has 0 spiro atoms. The van der Waals surface area contributed by atoms with E-state index in [0.29, 0.717) is 6.54 Å². The Balaban J connectivity index is 2.47. The number of phenols is 2. The van der Waals surface area contributed by atoms with Crippen LogP contribution in [-0.4, -0.2) is 27.1 Å². The second kappa shape index (κ2) is 7.37. The van der Waals surface area contributed by atoms with Crippen molar-refractivity contribution in [2.75, 3.05) is 11.0 Å². The van der Waals surface area contributed by atoms with Crippen LogP contribution in [0.2, 0.25) is 0 Å². The Morgan fingerprint density at radius 3 is 2.41 bits per heavy atom. The fraction of sp³-hybridized carbons (Fsp3) is 0.417. The molecule has 17 heavy (non-hydrogen) atoms. The molecule has 0 atom stereocenters. The van der Waals surface area contributed by atoms with Crippen molar-refractivity contribution in [3.05, 3.63) is 23.8 Å². The van der Waals surface area contributed by atoms with E-state index in [1.165, 1.54) is 18.2 Å². The van der Waals surface area contributed by atoms with Crippen LogP contribution in [0.5, 0.6) is 11.5 Å². The molecule has 0 aliphatic carbocycles. The average molecular weight is 349 g/mol. The van der Waals surface area contributed by atoms with Gasteiger partial charge in [-0.15, -0.1) is 0 Å². The molecule has 0 saturated heterocycles. The summed E-state index contributed by atoms with van der Waals surface area (Å²) in [6.07, 6.45) is 3.11. The van der Waals surface area contributed by atoms with Crippen LogP contribution in [0.4, 0.5) is 0 Å². The highest BCUT2D eigenvalue weighted by Gasteiger charge is 2.14. The molecule has 5 heteroatoms. The largest absolute Gasteiger partial charge is 0.507 e. The van der Waals surface area contributed by atoms with Gasteiger partial charge in [-0.3, -0.25) is 4.79 Å². The van der Waals surface area contributed by atoms with Gasteiger partial charge in [-0.2, -0.15) is 0 Å². The molecule has 94 valence electrons. The maximum atomic E-state index is 11.7. The first-order chi connectivity index (χ1) is 8.16. The third-order valence-corrected chi connectivity index (χ3v) is 3.11. The van der Waals surface area contributed by atoms with E-state index in [1.54, 1.807) is 0 Å². The summed E-state index contributed by atoms with van der Waals surface area (Å²) in [4.78, 5) is 11.7. The van der Waals surface area contributed by atoms with Gasteiger partial charge >= 0.3 is 0 Å². The minimum absolute atomic E-state index is 0.0543. The van der Waals surface area contributed by atoms with Gasteiger partial charge < -0.3 is 15.5 Å². The fourth-order valence-electron chi connectivity index (χ4n) is 1.45. The molecular formula is C12H16INO3. The van der Waals surface area contributed by atoms with E-state index in [1.807, 2.05) is 0 Å². The summed E-state index contributed by atoms with van der Waals surface area (Å²) < 4.78 is 1.12. The van der Waals surface area contributed by atoms with Gasteiger partial charge in [0.2, 0.25) is 0 Å². The number of halogens is 1. The third kappa shape index (κ3) is 4.41. The molecule has 1 rings (SSSR count). The van der Waals surface area contributed by atoms with Crippen LogP contribution in [-0.2, 0) is 0 Å². The normalized spacial score (nSPS) is 10.2. The number of unbranched alkanes of at least 4 members (excludes halogenated alkanes) is 2. The van der Waals surface area contributed by atoms with Crippen molar-refractivity contribution in [3.8, 4) is 11.5 Å². The summed E-state index contributed by atoms with van der Waals surface area (Å²) in [5.74, 6) is -0.834. The number of hydrogen-bond acceptors (Lipinski definition) is 3. The summed E-state index contributed by atoms with van der Waals surface area (Å²) >= 11 is 2.32. The molecule has 1 amide bonds. The monoisotopic (exact) mass is 349 g/mol. The Bertz CT molecular complexity index is 362. The van der Waals surface area contributed by atoms with Gasteiger partial charge in [-0.25, -0.2) is 0 Å². The number of carbonyl (C=O) groups excluding carboxylic acids is 1. The van der Waals surface area contributed by atoms with Gasteiger partial charge in [-0.1, -0.05) is 35.1 Å². The van der Waals surface area contributed by atoms with Crippen molar-refractivity contribution in [3.63, 3.8) is 0 Å². The lowest BCUT2D eigenvalue weighted by Gasteiger charge is -2.08. The number of rotatable bonds is 6. The number of carbonyl (C=O) groups is 1. The highest BCUT2D eigenvalue weighted by molar-refractivity contribution is 14.1. The molecule has 0 unspecified atom stereocenters. The van der Waals surface area contributed by atoms with E-state index in [0.717, 1.165) is 23.7 Å². The summed E-state index contributed by atoms with van der Waals surface area (Å²) in [5, 5.41) is 21.6. The van der Waals surface area contributed by atoms with Gasteiger partial charge in [0.15, 0.2) is 0 Å². The van der Waals surface area contributed by atoms with E-state index in [-0.39, 0.29) is 17.1 Å². The second-order valence-corrected chi connectivity index (χ2v) is 4.76. The number of benzene rings is 1. The molecule has 0 aliphatic heterocycles. The highest BCUT2D eigenvalue weighted by atomic mass is 127. The van der Waals surface area contributed by atoms with Crippen LogP contribution in [0.1, 0.15) is 29.6 Å². The predicted octanol–water partition coefficient (Wildman–Crippen LogP) is 2.43. The minimum atomic E-state index is -0.435. The number of hydrogen-bond donors (Lipinski definition) is 3. The summed E-state index contributed by atoms with van der Waals surface area (Å²) in [6.45, 7) is 0.559. The lowest BCUT2D eigenvalue weighted by Crippen LogP contribution is -2.24. The van der Waals surface area contributed by atoms with Gasteiger partial charge in [-0.05, 0) is 29.4 Å². The second-order valence-electron chi connectivity index (χ2n) is 3.68. The molecule has 4 nitrogen and oxygen atoms in total. The van der Waals surface area contributed by atoms with Crippen LogP contribution in [0, 0.1) is 0 Å². The molecule has 0 radical (unpaired) electrons. The summed E-state index contributed by atoms with van der Waals surface area (Å²) in [5.41, 5.74) is -0.0543. The first-order valence-electron chi connectivity index (χ1n) is 5.52. The third-order valence-electron chi connectivity index (χ3n) is 2.34. The molecule has 0 aromatic heterocycles. The van der Waals surface area contributed by atoms with E-state index in [4.69, 9.17) is 0 Å². The quantitative estimate of drug-likeness (QED) is 0.420. The summed E-state index contributed by atoms with van der Waals surface area (Å²) in [6, 6.07) is 4.25. The van der Waals surface area contributed by atoms with Crippen molar-refractivity contribution in [2.24, 2.45) is 0 Å². The Morgan fingerprint density at radius 1 is 1.18 bits per heavy atom. The van der Waals surface area contributed by atoms with Gasteiger partial charge in [0.05, 0.1) is 0 Å². The van der Waals surface area contributed by atoms with Gasteiger partial charge in [0, 0.05) is 6.54 Å². The molecule has 0 saturated carbocycles. The number of phenolic OH excluding ortho intramolecular Hbond substituents is 2. The van der Waals surface area contributed by atoms with Crippen molar-refractivity contribution >= 4 is 28.5 Å². The zero-order valence-electron chi connectivity index (χ0n) is 9.45. The smallest absolute Gasteiger partial charge is 0.258 e. The molecule has 0 aliphatic rings. The first-order valence-corrected chi connectivity index (χ1v) is 7.04. The first kappa shape index (κ1) is 14.1. The maximum absolute atomic E-state index is 11.7. The zero-order valence-corrected chi connectivity index (χ0v) is 11.6. The Kier molecular flexibility index (Phi) is 6.10. The number of nitrogens with one attached hydrogen (secondary N) is 1. The van der Waals surface area contributed by atoms with Crippen LogP contribution in [0.25, 0.3) is 0 Å². The Hall–Kier alpha value is -0.980. The molecular weight excluding hydrogens is 333 g/mol. The van der Waals surface area contributed by atoms with Crippen molar-refractivity contribution in [1.29, 1.82) is 0 Å². The lowest BCUT2D eigenvalue weighted by molar-refractivity contribution is 0.0947. The molecule has 1 aromatic carbocycles. The van der Waals surface area contributed by atoms with Gasteiger partial charge in [0.25, 0.3) is 5.91 Å². The standard InChI is InChI=1S/C12H16INO3/c13-7-2-1-3-8-14-12(17)11-9(15)5-4-6-10(11)16/h4-6,15-16H,1-3,7-8H2,(H,14,17). The molecule has 3 N–H and O–H groups in total. The molecule has 0 heterocycles. The lowest BCUT2D eigenvalue weighted by atomic mass is 10.1. The predicted molar refractivity (Wildman–Crippen MR) is 74.8 cm³/mol. The number of aromatic hydroxyl groups is 2. The molecule has 1 aromatic rings. The molecule has 0 bridgehead atoms. The minimum Gasteiger partial charge on any atom is -0.507 e. The number of amides is 1. The van der Waals surface area contributed by atoms with Crippen molar-refractivity contribution in [1.82, 2.24) is 5.32 Å². The van der Waals surface area contributed by atoms with E-state index < -0.39 is 5.91 Å². The number of alkyl halides is 1. The van der Waals surface area contributed by atoms with Crippen LogP contribution >= 0.6 is 22.6 Å². The van der Waals surface area contributed by atoms with E-state index in [9.17, 15) is 15.0 Å². The fourth-order valence-corrected chi connectivity index (χ4v) is 1.99. The van der Waals surface area contributed by atoms with Crippen molar-refractivity contribution < 1.29 is 15.0 Å². The summed E-state index contributed by atoms with van der Waals surface area (Å²) in [7, 11) is 0. The van der Waals surface area contributed by atoms with E-state index >= 15 is 0 Å². The Labute approximate surface area is 114 Å². The SMILES string of the molecule is O=C(NCCCCCI)c1c(O)cccc1O. The highest BCUT2D eigenvalue weighted by Crippen LogP contribution is 2.25. The van der Waals surface area contributed by atoms with Crippen LogP contribution < -0.4 is 5.32 Å². The van der Waals surface area contributed by atoms with Crippen molar-refractivity contribution in [2.45, 2.75) is 19.3 Å². The zero-order chi connectivity index (χ0) is 12.7. The Morgan fingerprint density at radius 2 is 1.82 bits per heavy atom. The maximum Gasteiger partial charge on any atom is 0.258 e. The van der Waals surface area contributed by atoms with Crippen LogP contribution in [0.15, 0.2) is 18.2 Å². The topological polar surface area (TPSA) is 69.6 Å². The molecule has 0 fully saturated rings. The van der Waals surface area contributed by atoms with Crippen LogP contribution in [0.3, 0.4) is 0 Å². The van der Waals surface area contributed by atoms with E-state index in [2.05, 4.69) is 27.9 Å².